The normalized spacial score (nSPS) is 23.0. The number of halogens is 1. The zero-order valence-corrected chi connectivity index (χ0v) is 20.3. The number of nitrogens with two attached hydrogens (primary N) is 1. The van der Waals surface area contributed by atoms with Gasteiger partial charge in [-0.3, -0.25) is 29.6 Å². The summed E-state index contributed by atoms with van der Waals surface area (Å²) in [5, 5.41) is 26.0. The van der Waals surface area contributed by atoms with E-state index in [1.54, 1.807) is 19.2 Å². The standard InChI is InChI=1S/C20H24IN7O6/c1-28-12(8-21)9-23-17-20(28,18(34)26-19(22)25-17)27-11-4-2-10(3-5-11)15(31)24-13(16(32)33)6-7-14(29)30/h2-5,12-13,27H,6-9H2,1H3,(H,24,31)(H,29,30)(H,32,33)(H3,22,23,25,26,34). The van der Waals surface area contributed by atoms with E-state index in [1.807, 2.05) is 4.90 Å². The number of benzene rings is 1. The van der Waals surface area contributed by atoms with Gasteiger partial charge in [-0.15, -0.1) is 0 Å². The van der Waals surface area contributed by atoms with E-state index >= 15 is 0 Å². The van der Waals surface area contributed by atoms with Crippen molar-refractivity contribution in [3.63, 3.8) is 0 Å². The molecule has 0 radical (unpaired) electrons. The molecule has 13 nitrogen and oxygen atoms in total. The second kappa shape index (κ2) is 10.3. The Labute approximate surface area is 208 Å². The van der Waals surface area contributed by atoms with E-state index in [4.69, 9.17) is 10.8 Å². The highest BCUT2D eigenvalue weighted by Gasteiger charge is 2.54. The molecule has 182 valence electrons. The molecule has 1 aromatic rings. The molecule has 14 heteroatoms. The smallest absolute Gasteiger partial charge is 0.326 e. The Bertz CT molecular complexity index is 1060. The van der Waals surface area contributed by atoms with E-state index in [0.717, 1.165) is 0 Å². The predicted octanol–water partition coefficient (Wildman–Crippen LogP) is -0.565. The van der Waals surface area contributed by atoms with E-state index in [-0.39, 0.29) is 29.8 Å². The molecule has 0 saturated heterocycles. The number of carboxylic acid groups (broad SMARTS) is 2. The maximum absolute atomic E-state index is 13.1. The molecule has 2 aliphatic rings. The topological polar surface area (TPSA) is 199 Å². The van der Waals surface area contributed by atoms with Gasteiger partial charge in [0.2, 0.25) is 11.6 Å². The number of nitrogens with zero attached hydrogens (tertiary/aromatic N) is 3. The van der Waals surface area contributed by atoms with Crippen molar-refractivity contribution in [2.45, 2.75) is 30.6 Å². The van der Waals surface area contributed by atoms with Crippen molar-refractivity contribution in [3.05, 3.63) is 29.8 Å². The summed E-state index contributed by atoms with van der Waals surface area (Å²) in [6, 6.07) is 4.65. The van der Waals surface area contributed by atoms with Crippen LogP contribution in [0.25, 0.3) is 0 Å². The first-order valence-electron chi connectivity index (χ1n) is 10.2. The van der Waals surface area contributed by atoms with Crippen molar-refractivity contribution in [2.24, 2.45) is 15.7 Å². The molecule has 0 saturated carbocycles. The lowest BCUT2D eigenvalue weighted by Crippen LogP contribution is -2.74. The van der Waals surface area contributed by atoms with E-state index in [2.05, 4.69) is 48.5 Å². The van der Waals surface area contributed by atoms with Gasteiger partial charge in [0, 0.05) is 28.1 Å². The number of likely N-dealkylation sites (N-methyl/N-ethyl adjacent to an activating group) is 1. The van der Waals surface area contributed by atoms with Gasteiger partial charge in [-0.2, -0.15) is 4.99 Å². The number of anilines is 1. The molecule has 0 fully saturated rings. The first-order valence-corrected chi connectivity index (χ1v) is 11.7. The SMILES string of the molecule is CN1C(CI)CN=C2N=C(N)NC(=O)C21Nc1ccc(C(=O)NC(CCC(=O)O)C(=O)O)cc1. The van der Waals surface area contributed by atoms with Crippen LogP contribution in [-0.4, -0.2) is 86.4 Å². The molecule has 0 spiro atoms. The number of amidine groups is 1. The number of hydrogen-bond donors (Lipinski definition) is 6. The van der Waals surface area contributed by atoms with Crippen molar-refractivity contribution in [1.29, 1.82) is 0 Å². The van der Waals surface area contributed by atoms with Crippen LogP contribution in [0.2, 0.25) is 0 Å². The number of rotatable bonds is 9. The summed E-state index contributed by atoms with van der Waals surface area (Å²) in [5.74, 6) is -3.43. The number of aliphatic carboxylic acids is 2. The van der Waals surface area contributed by atoms with Gasteiger partial charge in [-0.05, 0) is 37.7 Å². The number of carbonyl (C=O) groups is 4. The van der Waals surface area contributed by atoms with Crippen LogP contribution in [0.1, 0.15) is 23.2 Å². The maximum atomic E-state index is 13.1. The average Bonchev–Trinajstić information content (AvgIpc) is 2.78. The molecular weight excluding hydrogens is 561 g/mol. The zero-order valence-electron chi connectivity index (χ0n) is 18.1. The highest BCUT2D eigenvalue weighted by Crippen LogP contribution is 2.29. The highest BCUT2D eigenvalue weighted by atomic mass is 127. The summed E-state index contributed by atoms with van der Waals surface area (Å²) < 4.78 is 0.715. The van der Waals surface area contributed by atoms with Crippen LogP contribution in [0, 0.1) is 0 Å². The van der Waals surface area contributed by atoms with Gasteiger partial charge in [0.05, 0.1) is 6.54 Å². The number of guanidine groups is 1. The molecule has 0 bridgehead atoms. The molecular formula is C20H24IN7O6. The number of alkyl halides is 1. The quantitative estimate of drug-likeness (QED) is 0.162. The summed E-state index contributed by atoms with van der Waals surface area (Å²) in [4.78, 5) is 58.1. The highest BCUT2D eigenvalue weighted by molar-refractivity contribution is 14.1. The minimum Gasteiger partial charge on any atom is -0.481 e. The average molecular weight is 585 g/mol. The van der Waals surface area contributed by atoms with E-state index < -0.39 is 41.9 Å². The molecule has 3 unspecified atom stereocenters. The van der Waals surface area contributed by atoms with Gasteiger partial charge in [-0.25, -0.2) is 4.79 Å². The Morgan fingerprint density at radius 2 is 2.00 bits per heavy atom. The summed E-state index contributed by atoms with van der Waals surface area (Å²) in [6.07, 6.45) is -0.642. The van der Waals surface area contributed by atoms with Gasteiger partial charge >= 0.3 is 11.9 Å². The Hall–Kier alpha value is -3.27. The van der Waals surface area contributed by atoms with Crippen molar-refractivity contribution >= 4 is 63.8 Å². The summed E-state index contributed by atoms with van der Waals surface area (Å²) >= 11 is 2.22. The fourth-order valence-corrected chi connectivity index (χ4v) is 4.49. The molecule has 0 aliphatic carbocycles. The Balaban J connectivity index is 1.81. The van der Waals surface area contributed by atoms with Crippen LogP contribution in [0.4, 0.5) is 5.69 Å². The third-order valence-corrected chi connectivity index (χ3v) is 6.57. The van der Waals surface area contributed by atoms with E-state index in [0.29, 0.717) is 16.7 Å². The molecule has 2 amide bonds. The van der Waals surface area contributed by atoms with Gasteiger partial charge in [0.1, 0.15) is 6.04 Å². The minimum absolute atomic E-state index is 0.0408. The lowest BCUT2D eigenvalue weighted by Gasteiger charge is -2.47. The van der Waals surface area contributed by atoms with Gasteiger partial charge < -0.3 is 26.6 Å². The maximum Gasteiger partial charge on any atom is 0.326 e. The van der Waals surface area contributed by atoms with Gasteiger partial charge in [0.15, 0.2) is 5.84 Å². The first-order chi connectivity index (χ1) is 16.1. The number of carbonyl (C=O) groups excluding carboxylic acids is 2. The Morgan fingerprint density at radius 3 is 2.59 bits per heavy atom. The monoisotopic (exact) mass is 585 g/mol. The second-order valence-electron chi connectivity index (χ2n) is 7.74. The number of aliphatic imine (C=N–C) groups is 2. The first kappa shape index (κ1) is 25.4. The van der Waals surface area contributed by atoms with Crippen LogP contribution in [0.15, 0.2) is 34.3 Å². The van der Waals surface area contributed by atoms with Crippen molar-refractivity contribution < 1.29 is 29.4 Å². The third-order valence-electron chi connectivity index (χ3n) is 5.55. The molecule has 2 heterocycles. The number of hydrogen-bond acceptors (Lipinski definition) is 9. The van der Waals surface area contributed by atoms with E-state index in [1.165, 1.54) is 12.1 Å². The molecule has 0 aromatic heterocycles. The third kappa shape index (κ3) is 5.11. The lowest BCUT2D eigenvalue weighted by molar-refractivity contribution is -0.140. The van der Waals surface area contributed by atoms with E-state index in [9.17, 15) is 24.3 Å². The summed E-state index contributed by atoms with van der Waals surface area (Å²) in [5.41, 5.74) is 4.96. The van der Waals surface area contributed by atoms with Crippen LogP contribution in [0.5, 0.6) is 0 Å². The Morgan fingerprint density at radius 1 is 1.32 bits per heavy atom. The number of nitrogens with one attached hydrogen (secondary N) is 3. The predicted molar refractivity (Wildman–Crippen MR) is 131 cm³/mol. The number of carboxylic acids is 2. The second-order valence-corrected chi connectivity index (χ2v) is 8.62. The van der Waals surface area contributed by atoms with Crippen molar-refractivity contribution in [3.8, 4) is 0 Å². The van der Waals surface area contributed by atoms with Crippen LogP contribution in [0.3, 0.4) is 0 Å². The van der Waals surface area contributed by atoms with Gasteiger partial charge in [-0.1, -0.05) is 22.6 Å². The minimum atomic E-state index is -1.41. The molecule has 2 aliphatic heterocycles. The molecule has 3 rings (SSSR count). The summed E-state index contributed by atoms with van der Waals surface area (Å²) in [7, 11) is 1.78. The zero-order chi connectivity index (χ0) is 25.0. The molecule has 7 N–H and O–H groups in total. The van der Waals surface area contributed by atoms with Crippen LogP contribution >= 0.6 is 22.6 Å². The molecule has 34 heavy (non-hydrogen) atoms. The van der Waals surface area contributed by atoms with Crippen LogP contribution in [-0.2, 0) is 14.4 Å². The number of fused-ring (bicyclic) bond motifs is 1. The Kier molecular flexibility index (Phi) is 7.71. The fourth-order valence-electron chi connectivity index (χ4n) is 3.62. The number of amides is 2. The fraction of sp³-hybridized carbons (Fsp3) is 0.400. The van der Waals surface area contributed by atoms with Crippen molar-refractivity contribution in [1.82, 2.24) is 15.5 Å². The van der Waals surface area contributed by atoms with Gasteiger partial charge in [0.25, 0.3) is 11.8 Å². The lowest BCUT2D eigenvalue weighted by atomic mass is 9.98. The molecule has 3 atom stereocenters. The summed E-state index contributed by atoms with van der Waals surface area (Å²) in [6.45, 7) is 0.452. The van der Waals surface area contributed by atoms with Crippen molar-refractivity contribution in [2.75, 3.05) is 23.3 Å². The largest absolute Gasteiger partial charge is 0.481 e. The molecule has 1 aromatic carbocycles. The van der Waals surface area contributed by atoms with Crippen LogP contribution < -0.4 is 21.7 Å².